The lowest BCUT2D eigenvalue weighted by Crippen LogP contribution is -2.40. The van der Waals surface area contributed by atoms with Crippen LogP contribution in [0.25, 0.3) is 10.9 Å². The molecule has 0 aromatic carbocycles. The average Bonchev–Trinajstić information content (AvgIpc) is 3.06. The smallest absolute Gasteiger partial charge is 0.268 e. The molecule has 0 radical (unpaired) electrons. The fraction of sp³-hybridized carbons (Fsp3) is 0.238. The zero-order valence-corrected chi connectivity index (χ0v) is 16.7. The van der Waals surface area contributed by atoms with Crippen LogP contribution in [0.3, 0.4) is 0 Å². The summed E-state index contributed by atoms with van der Waals surface area (Å²) in [6.07, 6.45) is 9.88. The maximum Gasteiger partial charge on any atom is 0.268 e. The Hall–Kier alpha value is -2.79. The first-order chi connectivity index (χ1) is 12.8. The van der Waals surface area contributed by atoms with Crippen LogP contribution in [0, 0.1) is 0 Å². The van der Waals surface area contributed by atoms with Gasteiger partial charge in [0.05, 0.1) is 11.6 Å². The van der Waals surface area contributed by atoms with Gasteiger partial charge < -0.3 is 15.2 Å². The highest BCUT2D eigenvalue weighted by atomic mass is 35.5. The fourth-order valence-electron chi connectivity index (χ4n) is 2.60. The molecule has 0 saturated heterocycles. The highest BCUT2D eigenvalue weighted by Gasteiger charge is 2.20. The Morgan fingerprint density at radius 2 is 2.19 bits per heavy atom. The van der Waals surface area contributed by atoms with Crippen molar-refractivity contribution in [2.75, 3.05) is 14.1 Å². The van der Waals surface area contributed by atoms with Crippen molar-refractivity contribution < 1.29 is 4.79 Å². The first-order valence-corrected chi connectivity index (χ1v) is 8.99. The molecule has 27 heavy (non-hydrogen) atoms. The lowest BCUT2D eigenvalue weighted by molar-refractivity contribution is 0.0934. The van der Waals surface area contributed by atoms with Gasteiger partial charge in [-0.25, -0.2) is 4.98 Å². The summed E-state index contributed by atoms with van der Waals surface area (Å²) in [6, 6.07) is 3.18. The zero-order valence-electron chi connectivity index (χ0n) is 15.9. The van der Waals surface area contributed by atoms with E-state index in [0.29, 0.717) is 17.3 Å². The van der Waals surface area contributed by atoms with Gasteiger partial charge in [0, 0.05) is 31.4 Å². The SMILES string of the molecule is C=C/C(=C\C=C/C)C[C@H](NC(=O)c1cc2cnc(Cl)cc2[nH]1)C(=C)N(C)C. The summed E-state index contributed by atoms with van der Waals surface area (Å²) in [7, 11) is 3.81. The van der Waals surface area contributed by atoms with E-state index in [0.717, 1.165) is 22.2 Å². The third-order valence-electron chi connectivity index (χ3n) is 4.20. The Labute approximate surface area is 165 Å². The van der Waals surface area contributed by atoms with E-state index in [1.54, 1.807) is 24.4 Å². The lowest BCUT2D eigenvalue weighted by Gasteiger charge is -2.26. The van der Waals surface area contributed by atoms with E-state index < -0.39 is 0 Å². The van der Waals surface area contributed by atoms with Crippen molar-refractivity contribution in [3.63, 3.8) is 0 Å². The normalized spacial score (nSPS) is 13.0. The standard InChI is InChI=1S/C21H25ClN4O/c1-6-8-9-15(7-2)10-17(14(3)26(4)5)25-21(27)19-11-16-13-23-20(22)12-18(16)24-19/h6-9,11-13,17,24H,2-3,10H2,1,4-5H3,(H,25,27)/b8-6-,15-9+/t17-/m0/s1. The molecule has 2 heterocycles. The van der Waals surface area contributed by atoms with Crippen molar-refractivity contribution in [1.29, 1.82) is 0 Å². The number of carbonyl (C=O) groups excluding carboxylic acids is 1. The van der Waals surface area contributed by atoms with Crippen LogP contribution in [0.1, 0.15) is 23.8 Å². The molecule has 0 fully saturated rings. The number of H-pyrrole nitrogens is 1. The van der Waals surface area contributed by atoms with Crippen LogP contribution in [-0.2, 0) is 0 Å². The highest BCUT2D eigenvalue weighted by molar-refractivity contribution is 6.30. The lowest BCUT2D eigenvalue weighted by atomic mass is 10.0. The molecule has 1 amide bonds. The van der Waals surface area contributed by atoms with E-state index in [1.807, 2.05) is 44.1 Å². The quantitative estimate of drug-likeness (QED) is 0.521. The molecule has 0 saturated carbocycles. The molecule has 0 bridgehead atoms. The molecular formula is C21H25ClN4O. The van der Waals surface area contributed by atoms with E-state index in [1.165, 1.54) is 0 Å². The Bertz CT molecular complexity index is 908. The minimum absolute atomic E-state index is 0.218. The molecule has 1 atom stereocenters. The molecule has 0 aliphatic rings. The van der Waals surface area contributed by atoms with Gasteiger partial charge in [-0.1, -0.05) is 49.1 Å². The van der Waals surface area contributed by atoms with Crippen molar-refractivity contribution in [1.82, 2.24) is 20.2 Å². The Morgan fingerprint density at radius 3 is 2.81 bits per heavy atom. The Morgan fingerprint density at radius 1 is 1.44 bits per heavy atom. The number of hydrogen-bond acceptors (Lipinski definition) is 3. The maximum atomic E-state index is 12.8. The van der Waals surface area contributed by atoms with E-state index >= 15 is 0 Å². The van der Waals surface area contributed by atoms with E-state index in [9.17, 15) is 4.79 Å². The van der Waals surface area contributed by atoms with Gasteiger partial charge in [-0.2, -0.15) is 0 Å². The minimum atomic E-state index is -0.268. The van der Waals surface area contributed by atoms with Gasteiger partial charge in [-0.15, -0.1) is 0 Å². The monoisotopic (exact) mass is 384 g/mol. The summed E-state index contributed by atoms with van der Waals surface area (Å²) in [5, 5.41) is 4.25. The number of likely N-dealkylation sites (N-methyl/N-ethyl adjacent to an activating group) is 1. The van der Waals surface area contributed by atoms with Crippen molar-refractivity contribution in [3.8, 4) is 0 Å². The second kappa shape index (κ2) is 9.24. The van der Waals surface area contributed by atoms with Gasteiger partial charge in [0.2, 0.25) is 0 Å². The van der Waals surface area contributed by atoms with E-state index in [2.05, 4.69) is 28.4 Å². The van der Waals surface area contributed by atoms with Crippen molar-refractivity contribution >= 4 is 28.4 Å². The van der Waals surface area contributed by atoms with Crippen molar-refractivity contribution in [2.24, 2.45) is 0 Å². The largest absolute Gasteiger partial charge is 0.380 e. The maximum absolute atomic E-state index is 12.8. The number of rotatable bonds is 8. The van der Waals surface area contributed by atoms with Crippen LogP contribution in [0.5, 0.6) is 0 Å². The summed E-state index contributed by atoms with van der Waals surface area (Å²) in [5.41, 5.74) is 3.03. The molecule has 2 N–H and O–H groups in total. The van der Waals surface area contributed by atoms with Gasteiger partial charge >= 0.3 is 0 Å². The molecular weight excluding hydrogens is 360 g/mol. The van der Waals surface area contributed by atoms with E-state index in [4.69, 9.17) is 11.6 Å². The molecule has 0 spiro atoms. The number of pyridine rings is 1. The van der Waals surface area contributed by atoms with Gasteiger partial charge in [0.1, 0.15) is 10.8 Å². The summed E-state index contributed by atoms with van der Waals surface area (Å²) >= 11 is 5.91. The van der Waals surface area contributed by atoms with Gasteiger partial charge in [-0.05, 0) is 31.1 Å². The number of fused-ring (bicyclic) bond motifs is 1. The van der Waals surface area contributed by atoms with Gasteiger partial charge in [0.15, 0.2) is 0 Å². The predicted molar refractivity (Wildman–Crippen MR) is 113 cm³/mol. The van der Waals surface area contributed by atoms with Crippen LogP contribution in [-0.4, -0.2) is 40.9 Å². The molecule has 2 aromatic rings. The molecule has 0 aliphatic carbocycles. The number of nitrogens with zero attached hydrogens (tertiary/aromatic N) is 2. The number of aromatic nitrogens is 2. The summed E-state index contributed by atoms with van der Waals surface area (Å²) < 4.78 is 0. The van der Waals surface area contributed by atoms with Crippen molar-refractivity contribution in [2.45, 2.75) is 19.4 Å². The number of nitrogens with one attached hydrogen (secondary N) is 2. The highest BCUT2D eigenvalue weighted by Crippen LogP contribution is 2.19. The molecule has 0 aliphatic heterocycles. The number of carbonyl (C=O) groups is 1. The van der Waals surface area contributed by atoms with Gasteiger partial charge in [-0.3, -0.25) is 4.79 Å². The minimum Gasteiger partial charge on any atom is -0.380 e. The summed E-state index contributed by atoms with van der Waals surface area (Å²) in [4.78, 5) is 21.8. The molecule has 6 heteroatoms. The van der Waals surface area contributed by atoms with Crippen LogP contribution in [0.2, 0.25) is 5.15 Å². The van der Waals surface area contributed by atoms with Gasteiger partial charge in [0.25, 0.3) is 5.91 Å². The van der Waals surface area contributed by atoms with Crippen molar-refractivity contribution in [3.05, 3.63) is 77.9 Å². The topological polar surface area (TPSA) is 61.0 Å². The van der Waals surface area contributed by atoms with Crippen LogP contribution < -0.4 is 5.32 Å². The molecule has 142 valence electrons. The summed E-state index contributed by atoms with van der Waals surface area (Å²) in [6.45, 7) is 9.93. The number of amides is 1. The molecule has 2 aromatic heterocycles. The molecule has 5 nitrogen and oxygen atoms in total. The van der Waals surface area contributed by atoms with E-state index in [-0.39, 0.29) is 11.9 Å². The Balaban J connectivity index is 2.25. The predicted octanol–water partition coefficient (Wildman–Crippen LogP) is 4.47. The fourth-order valence-corrected chi connectivity index (χ4v) is 2.76. The second-order valence-corrected chi connectivity index (χ2v) is 6.75. The Kier molecular flexibility index (Phi) is 7.02. The number of hydrogen-bond donors (Lipinski definition) is 2. The average molecular weight is 385 g/mol. The van der Waals surface area contributed by atoms with Crippen LogP contribution in [0.15, 0.2) is 67.1 Å². The zero-order chi connectivity index (χ0) is 20.0. The number of halogens is 1. The first-order valence-electron chi connectivity index (χ1n) is 8.61. The van der Waals surface area contributed by atoms with Crippen LogP contribution in [0.4, 0.5) is 0 Å². The third-order valence-corrected chi connectivity index (χ3v) is 4.41. The third kappa shape index (κ3) is 5.34. The number of aromatic amines is 1. The van der Waals surface area contributed by atoms with Crippen LogP contribution >= 0.6 is 11.6 Å². The number of allylic oxidation sites excluding steroid dienone is 4. The molecule has 0 unspecified atom stereocenters. The summed E-state index contributed by atoms with van der Waals surface area (Å²) in [5.74, 6) is -0.218. The molecule has 2 rings (SSSR count). The first kappa shape index (κ1) is 20.5. The second-order valence-electron chi connectivity index (χ2n) is 6.36.